The zero-order valence-electron chi connectivity index (χ0n) is 10.7. The van der Waals surface area contributed by atoms with Crippen LogP contribution in [0.3, 0.4) is 0 Å². The number of nitrogens with zero attached hydrogens (tertiary/aromatic N) is 1. The molecule has 3 rings (SSSR count). The van der Waals surface area contributed by atoms with Gasteiger partial charge in [0.05, 0.1) is 0 Å². The molecule has 1 unspecified atom stereocenters. The predicted octanol–water partition coefficient (Wildman–Crippen LogP) is 3.40. The van der Waals surface area contributed by atoms with Crippen LogP contribution in [0.4, 0.5) is 0 Å². The Labute approximate surface area is 104 Å². The molecule has 0 aliphatic heterocycles. The second-order valence-corrected chi connectivity index (χ2v) is 5.85. The number of hydrogen-bond acceptors (Lipinski definition) is 1. The first kappa shape index (κ1) is 11.3. The zero-order valence-corrected chi connectivity index (χ0v) is 10.7. The van der Waals surface area contributed by atoms with E-state index in [2.05, 4.69) is 16.8 Å². The molecule has 1 atom stereocenters. The largest absolute Gasteiger partial charge is 0.351 e. The maximum absolute atomic E-state index is 6.16. The summed E-state index contributed by atoms with van der Waals surface area (Å²) < 4.78 is 2.48. The van der Waals surface area contributed by atoms with Crippen LogP contribution in [0, 0.1) is 5.92 Å². The fraction of sp³-hybridized carbons (Fsp3) is 0.733. The molecule has 17 heavy (non-hydrogen) atoms. The summed E-state index contributed by atoms with van der Waals surface area (Å²) in [5.41, 5.74) is 9.11. The Kier molecular flexibility index (Phi) is 3.24. The van der Waals surface area contributed by atoms with Gasteiger partial charge in [-0.05, 0) is 43.2 Å². The van der Waals surface area contributed by atoms with Crippen molar-refractivity contribution in [2.24, 2.45) is 11.7 Å². The van der Waals surface area contributed by atoms with Gasteiger partial charge in [-0.1, -0.05) is 25.7 Å². The monoisotopic (exact) mass is 232 g/mol. The molecule has 1 heterocycles. The highest BCUT2D eigenvalue weighted by Gasteiger charge is 2.21. The van der Waals surface area contributed by atoms with E-state index in [1.165, 1.54) is 69.2 Å². The maximum Gasteiger partial charge on any atom is 0.0312 e. The number of hydrogen-bond donors (Lipinski definition) is 1. The Morgan fingerprint density at radius 2 is 2.00 bits per heavy atom. The molecule has 0 aromatic carbocycles. The minimum absolute atomic E-state index is 0.298. The van der Waals surface area contributed by atoms with Gasteiger partial charge in [-0.25, -0.2) is 0 Å². The Hall–Kier alpha value is -0.760. The van der Waals surface area contributed by atoms with E-state index in [0.29, 0.717) is 6.04 Å². The van der Waals surface area contributed by atoms with Crippen molar-refractivity contribution in [2.75, 3.05) is 0 Å². The first-order valence-electron chi connectivity index (χ1n) is 7.28. The van der Waals surface area contributed by atoms with E-state index >= 15 is 0 Å². The highest BCUT2D eigenvalue weighted by Crippen LogP contribution is 2.31. The zero-order chi connectivity index (χ0) is 11.7. The second kappa shape index (κ2) is 4.85. The van der Waals surface area contributed by atoms with Crippen LogP contribution in [0.15, 0.2) is 12.3 Å². The summed E-state index contributed by atoms with van der Waals surface area (Å²) in [7, 11) is 0. The van der Waals surface area contributed by atoms with Crippen LogP contribution in [0.2, 0.25) is 0 Å². The number of nitrogens with two attached hydrogens (primary N) is 1. The predicted molar refractivity (Wildman–Crippen MR) is 70.9 cm³/mol. The Morgan fingerprint density at radius 3 is 2.82 bits per heavy atom. The highest BCUT2D eigenvalue weighted by atomic mass is 15.0. The normalized spacial score (nSPS) is 25.1. The van der Waals surface area contributed by atoms with Crippen molar-refractivity contribution in [1.82, 2.24) is 4.57 Å². The third kappa shape index (κ3) is 2.28. The van der Waals surface area contributed by atoms with Crippen LogP contribution in [0.25, 0.3) is 0 Å². The summed E-state index contributed by atoms with van der Waals surface area (Å²) in [5, 5.41) is 0. The molecule has 2 aliphatic rings. The summed E-state index contributed by atoms with van der Waals surface area (Å²) in [4.78, 5) is 0. The molecular weight excluding hydrogens is 208 g/mol. The Bertz CT molecular complexity index is 374. The quantitative estimate of drug-likeness (QED) is 0.850. The van der Waals surface area contributed by atoms with Gasteiger partial charge in [0.15, 0.2) is 0 Å². The molecule has 0 saturated heterocycles. The summed E-state index contributed by atoms with van der Waals surface area (Å²) in [6, 6.07) is 2.56. The van der Waals surface area contributed by atoms with Crippen LogP contribution < -0.4 is 5.73 Å². The molecule has 2 nitrogen and oxygen atoms in total. The summed E-state index contributed by atoms with van der Waals surface area (Å²) >= 11 is 0. The molecule has 0 bridgehead atoms. The molecule has 1 saturated carbocycles. The molecule has 0 amide bonds. The third-order valence-corrected chi connectivity index (χ3v) is 4.70. The summed E-state index contributed by atoms with van der Waals surface area (Å²) in [6.45, 7) is 1.22. The number of rotatable bonds is 3. The smallest absolute Gasteiger partial charge is 0.0312 e. The average Bonchev–Trinajstić information content (AvgIpc) is 2.95. The molecule has 1 aromatic heterocycles. The molecule has 1 aromatic rings. The molecule has 0 radical (unpaired) electrons. The fourth-order valence-corrected chi connectivity index (χ4v) is 3.62. The SMILES string of the molecule is NC1CCCc2c1ccn2CCC1CCCC1. The lowest BCUT2D eigenvalue weighted by molar-refractivity contribution is 0.446. The van der Waals surface area contributed by atoms with Gasteiger partial charge >= 0.3 is 0 Å². The lowest BCUT2D eigenvalue weighted by Gasteiger charge is -2.21. The van der Waals surface area contributed by atoms with Crippen LogP contribution in [0.5, 0.6) is 0 Å². The highest BCUT2D eigenvalue weighted by molar-refractivity contribution is 5.28. The first-order chi connectivity index (χ1) is 8.34. The lowest BCUT2D eigenvalue weighted by atomic mass is 9.93. The van der Waals surface area contributed by atoms with E-state index in [9.17, 15) is 0 Å². The minimum atomic E-state index is 0.298. The number of fused-ring (bicyclic) bond motifs is 1. The van der Waals surface area contributed by atoms with Gasteiger partial charge in [0.1, 0.15) is 0 Å². The molecule has 2 N–H and O–H groups in total. The minimum Gasteiger partial charge on any atom is -0.351 e. The van der Waals surface area contributed by atoms with Crippen molar-refractivity contribution in [3.8, 4) is 0 Å². The van der Waals surface area contributed by atoms with Gasteiger partial charge in [-0.15, -0.1) is 0 Å². The van der Waals surface area contributed by atoms with E-state index in [1.807, 2.05) is 0 Å². The van der Waals surface area contributed by atoms with Crippen molar-refractivity contribution in [1.29, 1.82) is 0 Å². The van der Waals surface area contributed by atoms with E-state index in [1.54, 1.807) is 0 Å². The lowest BCUT2D eigenvalue weighted by Crippen LogP contribution is -2.18. The van der Waals surface area contributed by atoms with E-state index in [-0.39, 0.29) is 0 Å². The van der Waals surface area contributed by atoms with Gasteiger partial charge < -0.3 is 10.3 Å². The molecular formula is C15H24N2. The number of aryl methyl sites for hydroxylation is 1. The standard InChI is InChI=1S/C15H24N2/c16-14-6-3-7-15-13(14)9-11-17(15)10-8-12-4-1-2-5-12/h9,11-12,14H,1-8,10,16H2. The first-order valence-corrected chi connectivity index (χ1v) is 7.28. The van der Waals surface area contributed by atoms with Gasteiger partial charge in [-0.3, -0.25) is 0 Å². The van der Waals surface area contributed by atoms with Crippen LogP contribution in [-0.4, -0.2) is 4.57 Å². The third-order valence-electron chi connectivity index (χ3n) is 4.70. The van der Waals surface area contributed by atoms with E-state index < -0.39 is 0 Å². The molecule has 0 spiro atoms. The van der Waals surface area contributed by atoms with Gasteiger partial charge in [-0.2, -0.15) is 0 Å². The Balaban J connectivity index is 1.66. The van der Waals surface area contributed by atoms with Gasteiger partial charge in [0.2, 0.25) is 0 Å². The second-order valence-electron chi connectivity index (χ2n) is 5.85. The Morgan fingerprint density at radius 1 is 1.18 bits per heavy atom. The topological polar surface area (TPSA) is 30.9 Å². The molecule has 94 valence electrons. The molecule has 2 aliphatic carbocycles. The van der Waals surface area contributed by atoms with Crippen molar-refractivity contribution in [2.45, 2.75) is 64.0 Å². The van der Waals surface area contributed by atoms with Crippen molar-refractivity contribution in [3.05, 3.63) is 23.5 Å². The van der Waals surface area contributed by atoms with Crippen LogP contribution in [0.1, 0.15) is 62.2 Å². The van der Waals surface area contributed by atoms with Gasteiger partial charge in [0, 0.05) is 24.5 Å². The molecule has 1 fully saturated rings. The van der Waals surface area contributed by atoms with Crippen molar-refractivity contribution >= 4 is 0 Å². The summed E-state index contributed by atoms with van der Waals surface area (Å²) in [6.07, 6.45) is 13.1. The van der Waals surface area contributed by atoms with Crippen molar-refractivity contribution < 1.29 is 0 Å². The van der Waals surface area contributed by atoms with Crippen molar-refractivity contribution in [3.63, 3.8) is 0 Å². The molecule has 2 heteroatoms. The fourth-order valence-electron chi connectivity index (χ4n) is 3.62. The van der Waals surface area contributed by atoms with Gasteiger partial charge in [0.25, 0.3) is 0 Å². The van der Waals surface area contributed by atoms with Crippen LogP contribution >= 0.6 is 0 Å². The van der Waals surface area contributed by atoms with E-state index in [0.717, 1.165) is 5.92 Å². The maximum atomic E-state index is 6.16. The number of aromatic nitrogens is 1. The van der Waals surface area contributed by atoms with E-state index in [4.69, 9.17) is 5.73 Å². The average molecular weight is 232 g/mol. The van der Waals surface area contributed by atoms with Crippen LogP contribution in [-0.2, 0) is 13.0 Å². The summed E-state index contributed by atoms with van der Waals surface area (Å²) in [5.74, 6) is 0.991.